The minimum absolute atomic E-state index is 0.519. The number of nitrogens with zero attached hydrogens (tertiary/aromatic N) is 1. The topological polar surface area (TPSA) is 15.3 Å². The summed E-state index contributed by atoms with van der Waals surface area (Å²) in [6, 6.07) is 0. The third-order valence-corrected chi connectivity index (χ3v) is 4.59. The van der Waals surface area contributed by atoms with E-state index in [-0.39, 0.29) is 0 Å². The van der Waals surface area contributed by atoms with Crippen LogP contribution in [0.3, 0.4) is 0 Å². The van der Waals surface area contributed by atoms with Crippen molar-refractivity contribution in [3.63, 3.8) is 0 Å². The first-order valence-corrected chi connectivity index (χ1v) is 6.63. The molecule has 1 saturated heterocycles. The fraction of sp³-hybridized carbons (Fsp3) is 1.00. The van der Waals surface area contributed by atoms with Gasteiger partial charge in [-0.05, 0) is 58.7 Å². The minimum Gasteiger partial charge on any atom is -0.317 e. The molecule has 88 valence electrons. The standard InChI is InChI=1S/C13H26N2/c1-13(7-3-4-8-13)15(2)11-12-5-9-14-10-6-12/h12,14H,3-11H2,1-2H3. The highest BCUT2D eigenvalue weighted by atomic mass is 15.2. The first-order chi connectivity index (χ1) is 7.21. The third kappa shape index (κ3) is 2.73. The molecular formula is C13H26N2. The molecule has 2 rings (SSSR count). The second-order valence-corrected chi connectivity index (χ2v) is 5.78. The van der Waals surface area contributed by atoms with E-state index in [2.05, 4.69) is 24.2 Å². The quantitative estimate of drug-likeness (QED) is 0.768. The highest BCUT2D eigenvalue weighted by Gasteiger charge is 2.33. The van der Waals surface area contributed by atoms with Crippen molar-refractivity contribution in [3.8, 4) is 0 Å². The Morgan fingerprint density at radius 2 is 1.80 bits per heavy atom. The summed E-state index contributed by atoms with van der Waals surface area (Å²) in [6.45, 7) is 6.24. The predicted molar refractivity (Wildman–Crippen MR) is 65.1 cm³/mol. The van der Waals surface area contributed by atoms with Gasteiger partial charge >= 0.3 is 0 Å². The summed E-state index contributed by atoms with van der Waals surface area (Å²) in [7, 11) is 2.34. The first kappa shape index (κ1) is 11.4. The van der Waals surface area contributed by atoms with Gasteiger partial charge in [0.25, 0.3) is 0 Å². The van der Waals surface area contributed by atoms with E-state index in [1.54, 1.807) is 0 Å². The smallest absolute Gasteiger partial charge is 0.0178 e. The highest BCUT2D eigenvalue weighted by molar-refractivity contribution is 4.90. The molecule has 15 heavy (non-hydrogen) atoms. The fourth-order valence-corrected chi connectivity index (χ4v) is 3.19. The second-order valence-electron chi connectivity index (χ2n) is 5.78. The second kappa shape index (κ2) is 4.84. The van der Waals surface area contributed by atoms with E-state index in [9.17, 15) is 0 Å². The lowest BCUT2D eigenvalue weighted by atomic mass is 9.93. The summed E-state index contributed by atoms with van der Waals surface area (Å²) in [5.74, 6) is 0.939. The number of hydrogen-bond donors (Lipinski definition) is 1. The normalized spacial score (nSPS) is 27.4. The summed E-state index contributed by atoms with van der Waals surface area (Å²) < 4.78 is 0. The van der Waals surface area contributed by atoms with Crippen molar-refractivity contribution in [1.82, 2.24) is 10.2 Å². The van der Waals surface area contributed by atoms with Gasteiger partial charge in [0.05, 0.1) is 0 Å². The van der Waals surface area contributed by atoms with E-state index in [0.29, 0.717) is 5.54 Å². The van der Waals surface area contributed by atoms with Crippen molar-refractivity contribution in [2.45, 2.75) is 51.0 Å². The van der Waals surface area contributed by atoms with E-state index in [0.717, 1.165) is 5.92 Å². The van der Waals surface area contributed by atoms with Gasteiger partial charge in [-0.3, -0.25) is 0 Å². The lowest BCUT2D eigenvalue weighted by Crippen LogP contribution is -2.45. The zero-order valence-corrected chi connectivity index (χ0v) is 10.4. The molecule has 1 N–H and O–H groups in total. The van der Waals surface area contributed by atoms with E-state index < -0.39 is 0 Å². The van der Waals surface area contributed by atoms with Crippen LogP contribution in [-0.2, 0) is 0 Å². The number of hydrogen-bond acceptors (Lipinski definition) is 2. The van der Waals surface area contributed by atoms with Crippen LogP contribution in [0.2, 0.25) is 0 Å². The Morgan fingerprint density at radius 1 is 1.20 bits per heavy atom. The summed E-state index contributed by atoms with van der Waals surface area (Å²) in [4.78, 5) is 2.65. The molecule has 0 radical (unpaired) electrons. The van der Waals surface area contributed by atoms with Gasteiger partial charge in [0.2, 0.25) is 0 Å². The summed E-state index contributed by atoms with van der Waals surface area (Å²) in [6.07, 6.45) is 8.45. The van der Waals surface area contributed by atoms with Crippen LogP contribution < -0.4 is 5.32 Å². The Labute approximate surface area is 94.4 Å². The van der Waals surface area contributed by atoms with Gasteiger partial charge in [0.1, 0.15) is 0 Å². The van der Waals surface area contributed by atoms with Crippen molar-refractivity contribution >= 4 is 0 Å². The number of rotatable bonds is 3. The maximum absolute atomic E-state index is 3.45. The highest BCUT2D eigenvalue weighted by Crippen LogP contribution is 2.34. The Kier molecular flexibility index (Phi) is 3.68. The van der Waals surface area contributed by atoms with Gasteiger partial charge in [0.15, 0.2) is 0 Å². The van der Waals surface area contributed by atoms with Crippen molar-refractivity contribution in [1.29, 1.82) is 0 Å². The molecule has 1 heterocycles. The van der Waals surface area contributed by atoms with Crippen molar-refractivity contribution in [2.24, 2.45) is 5.92 Å². The van der Waals surface area contributed by atoms with Crippen LogP contribution in [0.25, 0.3) is 0 Å². The Hall–Kier alpha value is -0.0800. The van der Waals surface area contributed by atoms with Crippen LogP contribution in [0.15, 0.2) is 0 Å². The molecule has 1 aliphatic heterocycles. The number of piperidine rings is 1. The Balaban J connectivity index is 1.82. The molecule has 2 aliphatic rings. The van der Waals surface area contributed by atoms with Crippen molar-refractivity contribution < 1.29 is 0 Å². The molecular weight excluding hydrogens is 184 g/mol. The largest absolute Gasteiger partial charge is 0.317 e. The Bertz CT molecular complexity index is 191. The summed E-state index contributed by atoms with van der Waals surface area (Å²) >= 11 is 0. The average molecular weight is 210 g/mol. The molecule has 0 aromatic rings. The van der Waals surface area contributed by atoms with Crippen LogP contribution in [0.1, 0.15) is 45.4 Å². The molecule has 2 nitrogen and oxygen atoms in total. The monoisotopic (exact) mass is 210 g/mol. The number of nitrogens with one attached hydrogen (secondary N) is 1. The molecule has 1 aliphatic carbocycles. The molecule has 1 saturated carbocycles. The zero-order chi connectivity index (χ0) is 10.7. The zero-order valence-electron chi connectivity index (χ0n) is 10.4. The molecule has 0 spiro atoms. The molecule has 0 atom stereocenters. The predicted octanol–water partition coefficient (Wildman–Crippen LogP) is 2.25. The van der Waals surface area contributed by atoms with Crippen LogP contribution >= 0.6 is 0 Å². The van der Waals surface area contributed by atoms with Crippen LogP contribution in [0.4, 0.5) is 0 Å². The van der Waals surface area contributed by atoms with Gasteiger partial charge in [-0.1, -0.05) is 12.8 Å². The van der Waals surface area contributed by atoms with E-state index in [4.69, 9.17) is 0 Å². The van der Waals surface area contributed by atoms with E-state index in [1.165, 1.54) is 58.2 Å². The summed E-state index contributed by atoms with van der Waals surface area (Å²) in [5.41, 5.74) is 0.519. The van der Waals surface area contributed by atoms with Gasteiger partial charge in [-0.2, -0.15) is 0 Å². The lowest BCUT2D eigenvalue weighted by Gasteiger charge is -2.38. The molecule has 0 unspecified atom stereocenters. The minimum atomic E-state index is 0.519. The molecule has 0 aromatic heterocycles. The molecule has 0 bridgehead atoms. The van der Waals surface area contributed by atoms with Crippen LogP contribution in [0, 0.1) is 5.92 Å². The van der Waals surface area contributed by atoms with Crippen LogP contribution in [0.5, 0.6) is 0 Å². The SMILES string of the molecule is CN(CC1CCNCC1)C1(C)CCCC1. The van der Waals surface area contributed by atoms with E-state index >= 15 is 0 Å². The van der Waals surface area contributed by atoms with Gasteiger partial charge in [0, 0.05) is 12.1 Å². The first-order valence-electron chi connectivity index (χ1n) is 6.63. The van der Waals surface area contributed by atoms with Crippen LogP contribution in [-0.4, -0.2) is 37.1 Å². The van der Waals surface area contributed by atoms with Crippen molar-refractivity contribution in [2.75, 3.05) is 26.7 Å². The molecule has 0 aromatic carbocycles. The fourth-order valence-electron chi connectivity index (χ4n) is 3.19. The summed E-state index contributed by atoms with van der Waals surface area (Å²) in [5, 5.41) is 3.45. The third-order valence-electron chi connectivity index (χ3n) is 4.59. The van der Waals surface area contributed by atoms with Gasteiger partial charge in [-0.15, -0.1) is 0 Å². The molecule has 2 heteroatoms. The lowest BCUT2D eigenvalue weighted by molar-refractivity contribution is 0.111. The molecule has 0 amide bonds. The maximum atomic E-state index is 3.45. The molecule has 2 fully saturated rings. The van der Waals surface area contributed by atoms with Gasteiger partial charge in [-0.25, -0.2) is 0 Å². The maximum Gasteiger partial charge on any atom is 0.0178 e. The van der Waals surface area contributed by atoms with Crippen molar-refractivity contribution in [3.05, 3.63) is 0 Å². The van der Waals surface area contributed by atoms with E-state index in [1.807, 2.05) is 0 Å². The average Bonchev–Trinajstić information content (AvgIpc) is 2.68. The Morgan fingerprint density at radius 3 is 2.40 bits per heavy atom. The van der Waals surface area contributed by atoms with Gasteiger partial charge < -0.3 is 10.2 Å².